The summed E-state index contributed by atoms with van der Waals surface area (Å²) in [7, 11) is 0. The van der Waals surface area contributed by atoms with Crippen molar-refractivity contribution in [2.45, 2.75) is 6.54 Å². The number of amides is 3. The molecule has 0 spiro atoms. The van der Waals surface area contributed by atoms with E-state index in [4.69, 9.17) is 11.6 Å². The molecule has 5 nitrogen and oxygen atoms in total. The van der Waals surface area contributed by atoms with Crippen molar-refractivity contribution in [2.24, 2.45) is 0 Å². The Kier molecular flexibility index (Phi) is 6.57. The maximum Gasteiger partial charge on any atom is 0.315 e. The van der Waals surface area contributed by atoms with E-state index >= 15 is 0 Å². The van der Waals surface area contributed by atoms with Crippen LogP contribution in [0.4, 0.5) is 9.18 Å². The molecule has 0 unspecified atom stereocenters. The fourth-order valence-electron chi connectivity index (χ4n) is 1.90. The predicted molar refractivity (Wildman–Crippen MR) is 90.4 cm³/mol. The Morgan fingerprint density at radius 1 is 0.875 bits per heavy atom. The van der Waals surface area contributed by atoms with Crippen molar-refractivity contribution in [2.75, 3.05) is 13.1 Å². The minimum absolute atomic E-state index is 0.268. The second-order valence-corrected chi connectivity index (χ2v) is 5.44. The Morgan fingerprint density at radius 3 is 2.17 bits per heavy atom. The summed E-state index contributed by atoms with van der Waals surface area (Å²) in [4.78, 5) is 23.4. The molecule has 24 heavy (non-hydrogen) atoms. The number of urea groups is 1. The normalized spacial score (nSPS) is 10.1. The Morgan fingerprint density at radius 2 is 1.50 bits per heavy atom. The van der Waals surface area contributed by atoms with Crippen LogP contribution in [0.3, 0.4) is 0 Å². The molecule has 126 valence electrons. The number of carbonyl (C=O) groups is 2. The summed E-state index contributed by atoms with van der Waals surface area (Å²) < 4.78 is 12.8. The minimum Gasteiger partial charge on any atom is -0.350 e. The summed E-state index contributed by atoms with van der Waals surface area (Å²) in [5.41, 5.74) is 1.29. The highest BCUT2D eigenvalue weighted by atomic mass is 35.5. The van der Waals surface area contributed by atoms with Crippen molar-refractivity contribution in [3.63, 3.8) is 0 Å². The van der Waals surface area contributed by atoms with Gasteiger partial charge in [0.15, 0.2) is 0 Å². The lowest BCUT2D eigenvalue weighted by molar-refractivity contribution is 0.0954. The highest BCUT2D eigenvalue weighted by Crippen LogP contribution is 2.08. The molecule has 0 atom stereocenters. The highest BCUT2D eigenvalue weighted by molar-refractivity contribution is 6.30. The van der Waals surface area contributed by atoms with Gasteiger partial charge >= 0.3 is 6.03 Å². The first-order valence-corrected chi connectivity index (χ1v) is 7.72. The monoisotopic (exact) mass is 349 g/mol. The van der Waals surface area contributed by atoms with Crippen LogP contribution < -0.4 is 16.0 Å². The van der Waals surface area contributed by atoms with E-state index < -0.39 is 5.82 Å². The zero-order chi connectivity index (χ0) is 17.4. The Hall–Kier alpha value is -2.60. The van der Waals surface area contributed by atoms with Crippen molar-refractivity contribution in [1.29, 1.82) is 0 Å². The smallest absolute Gasteiger partial charge is 0.315 e. The molecule has 0 saturated heterocycles. The number of nitrogens with one attached hydrogen (secondary N) is 3. The molecule has 0 heterocycles. The maximum absolute atomic E-state index is 12.8. The molecule has 2 aromatic carbocycles. The number of rotatable bonds is 6. The third-order valence-electron chi connectivity index (χ3n) is 3.17. The lowest BCUT2D eigenvalue weighted by Crippen LogP contribution is -2.40. The average Bonchev–Trinajstić information content (AvgIpc) is 2.58. The molecule has 0 saturated carbocycles. The van der Waals surface area contributed by atoms with E-state index in [9.17, 15) is 14.0 Å². The van der Waals surface area contributed by atoms with E-state index in [0.29, 0.717) is 17.1 Å². The largest absolute Gasteiger partial charge is 0.350 e. The van der Waals surface area contributed by atoms with Gasteiger partial charge in [0.05, 0.1) is 0 Å². The van der Waals surface area contributed by atoms with Crippen molar-refractivity contribution in [3.05, 3.63) is 70.5 Å². The lowest BCUT2D eigenvalue weighted by Gasteiger charge is -2.09. The van der Waals surface area contributed by atoms with Gasteiger partial charge in [-0.15, -0.1) is 0 Å². The second-order valence-electron chi connectivity index (χ2n) is 5.00. The molecular weight excluding hydrogens is 333 g/mol. The summed E-state index contributed by atoms with van der Waals surface area (Å²) in [6, 6.07) is 12.1. The number of benzene rings is 2. The zero-order valence-corrected chi connectivity index (χ0v) is 13.6. The molecule has 3 N–H and O–H groups in total. The molecule has 3 amide bonds. The topological polar surface area (TPSA) is 70.2 Å². The van der Waals surface area contributed by atoms with Crippen LogP contribution in [0.25, 0.3) is 0 Å². The van der Waals surface area contributed by atoms with Crippen molar-refractivity contribution in [1.82, 2.24) is 16.0 Å². The van der Waals surface area contributed by atoms with E-state index in [1.54, 1.807) is 12.1 Å². The Balaban J connectivity index is 1.63. The van der Waals surface area contributed by atoms with Gasteiger partial charge in [0.1, 0.15) is 5.82 Å². The van der Waals surface area contributed by atoms with Crippen LogP contribution in [0, 0.1) is 5.82 Å². The van der Waals surface area contributed by atoms with E-state index in [2.05, 4.69) is 16.0 Å². The minimum atomic E-state index is -0.398. The summed E-state index contributed by atoms with van der Waals surface area (Å²) in [6.45, 7) is 0.925. The fourth-order valence-corrected chi connectivity index (χ4v) is 2.03. The van der Waals surface area contributed by atoms with Gasteiger partial charge < -0.3 is 16.0 Å². The number of carbonyl (C=O) groups excluding carboxylic acids is 2. The number of halogens is 2. The summed E-state index contributed by atoms with van der Waals surface area (Å²) in [5, 5.41) is 8.60. The van der Waals surface area contributed by atoms with Gasteiger partial charge in [0.25, 0.3) is 5.91 Å². The summed E-state index contributed by atoms with van der Waals surface area (Å²) >= 11 is 5.78. The quantitative estimate of drug-likeness (QED) is 0.702. The molecule has 0 aliphatic heterocycles. The first-order chi connectivity index (χ1) is 11.5. The van der Waals surface area contributed by atoms with Crippen LogP contribution in [-0.2, 0) is 6.54 Å². The van der Waals surface area contributed by atoms with E-state index in [0.717, 1.165) is 5.56 Å². The predicted octanol–water partition coefficient (Wildman–Crippen LogP) is 2.71. The fraction of sp³-hybridized carbons (Fsp3) is 0.176. The molecule has 7 heteroatoms. The lowest BCUT2D eigenvalue weighted by atomic mass is 10.2. The summed E-state index contributed by atoms with van der Waals surface area (Å²) in [6.07, 6.45) is 0. The molecule has 0 aliphatic rings. The van der Waals surface area contributed by atoms with Crippen LogP contribution in [-0.4, -0.2) is 25.0 Å². The number of hydrogen-bond acceptors (Lipinski definition) is 2. The van der Waals surface area contributed by atoms with E-state index in [1.807, 2.05) is 12.1 Å². The van der Waals surface area contributed by atoms with Gasteiger partial charge in [0, 0.05) is 30.2 Å². The summed E-state index contributed by atoms with van der Waals surface area (Å²) in [5.74, 6) is -0.719. The van der Waals surface area contributed by atoms with E-state index in [1.165, 1.54) is 24.3 Å². The van der Waals surface area contributed by atoms with Crippen LogP contribution in [0.15, 0.2) is 48.5 Å². The third kappa shape index (κ3) is 5.89. The molecule has 0 fully saturated rings. The van der Waals surface area contributed by atoms with E-state index in [-0.39, 0.29) is 25.0 Å². The number of hydrogen-bond donors (Lipinski definition) is 3. The second kappa shape index (κ2) is 8.88. The maximum atomic E-state index is 12.8. The first-order valence-electron chi connectivity index (χ1n) is 7.34. The van der Waals surface area contributed by atoms with Gasteiger partial charge in [0.2, 0.25) is 0 Å². The van der Waals surface area contributed by atoms with Crippen molar-refractivity contribution < 1.29 is 14.0 Å². The average molecular weight is 350 g/mol. The molecule has 2 aromatic rings. The third-order valence-corrected chi connectivity index (χ3v) is 3.42. The van der Waals surface area contributed by atoms with Crippen LogP contribution >= 0.6 is 11.6 Å². The van der Waals surface area contributed by atoms with Gasteiger partial charge in [-0.05, 0) is 42.0 Å². The van der Waals surface area contributed by atoms with Gasteiger partial charge in [-0.1, -0.05) is 23.7 Å². The molecule has 0 aliphatic carbocycles. The van der Waals surface area contributed by atoms with Crippen LogP contribution in [0.5, 0.6) is 0 Å². The molecule has 0 bridgehead atoms. The zero-order valence-electron chi connectivity index (χ0n) is 12.8. The van der Waals surface area contributed by atoms with Gasteiger partial charge in [-0.2, -0.15) is 0 Å². The standard InChI is InChI=1S/C17H17ClFN3O2/c18-14-5-1-12(2-6-14)11-22-17(24)21-10-9-20-16(23)13-3-7-15(19)8-4-13/h1-8H,9-11H2,(H,20,23)(H2,21,22,24). The van der Waals surface area contributed by atoms with Crippen molar-refractivity contribution in [3.8, 4) is 0 Å². The Labute approximate surface area is 144 Å². The molecule has 0 aromatic heterocycles. The first kappa shape index (κ1) is 17.7. The Bertz CT molecular complexity index is 690. The molecular formula is C17H17ClFN3O2. The van der Waals surface area contributed by atoms with Crippen molar-refractivity contribution >= 4 is 23.5 Å². The van der Waals surface area contributed by atoms with Crippen LogP contribution in [0.2, 0.25) is 5.02 Å². The molecule has 0 radical (unpaired) electrons. The van der Waals surface area contributed by atoms with Gasteiger partial charge in [-0.3, -0.25) is 4.79 Å². The highest BCUT2D eigenvalue weighted by Gasteiger charge is 2.05. The van der Waals surface area contributed by atoms with Crippen LogP contribution in [0.1, 0.15) is 15.9 Å². The van der Waals surface area contributed by atoms with Gasteiger partial charge in [-0.25, -0.2) is 9.18 Å². The molecule has 2 rings (SSSR count). The SMILES string of the molecule is O=C(NCCNC(=O)c1ccc(F)cc1)NCc1ccc(Cl)cc1.